The van der Waals surface area contributed by atoms with Gasteiger partial charge in [0, 0.05) is 72.9 Å². The van der Waals surface area contributed by atoms with Gasteiger partial charge in [-0.05, 0) is 61.9 Å². The summed E-state index contributed by atoms with van der Waals surface area (Å²) in [7, 11) is 1.68. The number of halogens is 2. The smallest absolute Gasteiger partial charge is 0.255 e. The van der Waals surface area contributed by atoms with Gasteiger partial charge in [-0.3, -0.25) is 9.59 Å². The maximum Gasteiger partial charge on any atom is 0.255 e. The molecule has 2 N–H and O–H groups in total. The number of nitrogens with zero attached hydrogens (tertiary/aromatic N) is 2. The molecule has 1 heterocycles. The molecule has 0 saturated carbocycles. The number of amides is 2. The van der Waals surface area contributed by atoms with Crippen LogP contribution in [0.1, 0.15) is 34.1 Å². The highest BCUT2D eigenvalue weighted by atomic mass is 35.5. The van der Waals surface area contributed by atoms with Crippen molar-refractivity contribution >= 4 is 52.1 Å². The van der Waals surface area contributed by atoms with Crippen molar-refractivity contribution in [3.63, 3.8) is 0 Å². The molecule has 0 unspecified atom stereocenters. The first-order valence-electron chi connectivity index (χ1n) is 13.3. The molecular formula is C30H34Cl2N4O4. The number of anilines is 3. The van der Waals surface area contributed by atoms with E-state index in [1.807, 2.05) is 31.2 Å². The maximum absolute atomic E-state index is 13.4. The van der Waals surface area contributed by atoms with Crippen LogP contribution < -0.4 is 25.2 Å². The lowest BCUT2D eigenvalue weighted by Gasteiger charge is -2.38. The van der Waals surface area contributed by atoms with Gasteiger partial charge in [0.25, 0.3) is 11.8 Å². The molecule has 3 aromatic rings. The van der Waals surface area contributed by atoms with Crippen LogP contribution in [0.2, 0.25) is 10.0 Å². The first-order valence-corrected chi connectivity index (χ1v) is 14.1. The van der Waals surface area contributed by atoms with Gasteiger partial charge in [-0.1, -0.05) is 35.3 Å². The van der Waals surface area contributed by atoms with Crippen LogP contribution in [0.15, 0.2) is 60.7 Å². The Morgan fingerprint density at radius 3 is 2.23 bits per heavy atom. The Hall–Kier alpha value is -3.46. The fourth-order valence-corrected chi connectivity index (χ4v) is 5.18. The molecular weight excluding hydrogens is 551 g/mol. The second-order valence-electron chi connectivity index (χ2n) is 9.30. The van der Waals surface area contributed by atoms with Crippen molar-refractivity contribution in [3.05, 3.63) is 81.8 Å². The van der Waals surface area contributed by atoms with Gasteiger partial charge in [-0.25, -0.2) is 0 Å². The Bertz CT molecular complexity index is 1310. The summed E-state index contributed by atoms with van der Waals surface area (Å²) in [6.07, 6.45) is 0.707. The molecule has 0 bridgehead atoms. The number of nitrogens with one attached hydrogen (secondary N) is 2. The molecule has 0 aliphatic carbocycles. The molecule has 0 atom stereocenters. The number of piperazine rings is 1. The molecule has 212 valence electrons. The van der Waals surface area contributed by atoms with E-state index < -0.39 is 0 Å². The predicted octanol–water partition coefficient (Wildman–Crippen LogP) is 5.74. The Morgan fingerprint density at radius 1 is 0.875 bits per heavy atom. The average Bonchev–Trinajstić information content (AvgIpc) is 2.96. The highest BCUT2D eigenvalue weighted by Crippen LogP contribution is 2.31. The molecule has 4 rings (SSSR count). The van der Waals surface area contributed by atoms with Crippen molar-refractivity contribution in [2.24, 2.45) is 0 Å². The first-order chi connectivity index (χ1) is 19.4. The van der Waals surface area contributed by atoms with E-state index in [0.717, 1.165) is 43.3 Å². The van der Waals surface area contributed by atoms with Gasteiger partial charge in [0.1, 0.15) is 5.75 Å². The quantitative estimate of drug-likeness (QED) is 0.280. The lowest BCUT2D eigenvalue weighted by atomic mass is 10.1. The van der Waals surface area contributed by atoms with Gasteiger partial charge in [0.15, 0.2) is 0 Å². The highest BCUT2D eigenvalue weighted by molar-refractivity contribution is 6.35. The molecule has 3 aromatic carbocycles. The van der Waals surface area contributed by atoms with E-state index in [-0.39, 0.29) is 11.8 Å². The van der Waals surface area contributed by atoms with Crippen molar-refractivity contribution < 1.29 is 19.1 Å². The van der Waals surface area contributed by atoms with Crippen molar-refractivity contribution in [2.75, 3.05) is 68.2 Å². The third kappa shape index (κ3) is 7.59. The molecule has 0 aromatic heterocycles. The van der Waals surface area contributed by atoms with Crippen LogP contribution in [0.25, 0.3) is 0 Å². The summed E-state index contributed by atoms with van der Waals surface area (Å²) in [6.45, 7) is 6.61. The molecule has 1 aliphatic rings. The van der Waals surface area contributed by atoms with E-state index >= 15 is 0 Å². The molecule has 8 nitrogen and oxygen atoms in total. The summed E-state index contributed by atoms with van der Waals surface area (Å²) in [5.41, 5.74) is 3.18. The number of ether oxygens (including phenoxy) is 2. The first kappa shape index (κ1) is 29.5. The van der Waals surface area contributed by atoms with Crippen LogP contribution in [-0.2, 0) is 4.74 Å². The summed E-state index contributed by atoms with van der Waals surface area (Å²) in [4.78, 5) is 30.8. The molecule has 1 saturated heterocycles. The second-order valence-corrected chi connectivity index (χ2v) is 10.2. The van der Waals surface area contributed by atoms with E-state index in [2.05, 4.69) is 26.5 Å². The van der Waals surface area contributed by atoms with Crippen LogP contribution in [0.5, 0.6) is 5.75 Å². The highest BCUT2D eigenvalue weighted by Gasteiger charge is 2.24. The van der Waals surface area contributed by atoms with E-state index in [1.165, 1.54) is 0 Å². The van der Waals surface area contributed by atoms with Crippen molar-refractivity contribution in [2.45, 2.75) is 13.3 Å². The molecule has 10 heteroatoms. The number of carbonyl (C=O) groups excluding carboxylic acids is 2. The summed E-state index contributed by atoms with van der Waals surface area (Å²) < 4.78 is 10.9. The number of hydrogen-bond acceptors (Lipinski definition) is 6. The minimum absolute atomic E-state index is 0.208. The van der Waals surface area contributed by atoms with E-state index in [0.29, 0.717) is 53.0 Å². The summed E-state index contributed by atoms with van der Waals surface area (Å²) >= 11 is 12.1. The molecule has 1 fully saturated rings. The topological polar surface area (TPSA) is 83.1 Å². The molecule has 2 amide bonds. The number of para-hydroxylation sites is 2. The lowest BCUT2D eigenvalue weighted by molar-refractivity contribution is 0.0943. The fourth-order valence-electron chi connectivity index (χ4n) is 4.65. The SMILES string of the molecule is CCOCCCNC(=O)c1cc(NC(=O)c2cc(Cl)cc(Cl)c2)ccc1N1CCN(c2ccccc2OC)CC1. The van der Waals surface area contributed by atoms with Gasteiger partial charge in [0.2, 0.25) is 0 Å². The van der Waals surface area contributed by atoms with E-state index in [4.69, 9.17) is 32.7 Å². The zero-order valence-corrected chi connectivity index (χ0v) is 24.2. The summed E-state index contributed by atoms with van der Waals surface area (Å²) in [5, 5.41) is 6.60. The minimum atomic E-state index is -0.370. The van der Waals surface area contributed by atoms with Crippen molar-refractivity contribution in [1.82, 2.24) is 5.32 Å². The second kappa shape index (κ2) is 14.3. The van der Waals surface area contributed by atoms with Gasteiger partial charge in [0.05, 0.1) is 18.4 Å². The van der Waals surface area contributed by atoms with Crippen LogP contribution >= 0.6 is 23.2 Å². The maximum atomic E-state index is 13.4. The average molecular weight is 586 g/mol. The van der Waals surface area contributed by atoms with Gasteiger partial charge < -0.3 is 29.9 Å². The van der Waals surface area contributed by atoms with Crippen LogP contribution in [0.4, 0.5) is 17.1 Å². The van der Waals surface area contributed by atoms with Crippen LogP contribution in [0, 0.1) is 0 Å². The van der Waals surface area contributed by atoms with Gasteiger partial charge >= 0.3 is 0 Å². The number of carbonyl (C=O) groups is 2. The normalized spacial score (nSPS) is 13.2. The Balaban J connectivity index is 1.52. The number of rotatable bonds is 11. The van der Waals surface area contributed by atoms with Crippen molar-refractivity contribution in [3.8, 4) is 5.75 Å². The zero-order chi connectivity index (χ0) is 28.5. The zero-order valence-electron chi connectivity index (χ0n) is 22.7. The minimum Gasteiger partial charge on any atom is -0.495 e. The van der Waals surface area contributed by atoms with Gasteiger partial charge in [-0.2, -0.15) is 0 Å². The van der Waals surface area contributed by atoms with E-state index in [9.17, 15) is 9.59 Å². The van der Waals surface area contributed by atoms with Crippen molar-refractivity contribution in [1.29, 1.82) is 0 Å². The number of methoxy groups -OCH3 is 1. The van der Waals surface area contributed by atoms with Crippen LogP contribution in [0.3, 0.4) is 0 Å². The third-order valence-corrected chi connectivity index (χ3v) is 7.06. The lowest BCUT2D eigenvalue weighted by Crippen LogP contribution is -2.47. The van der Waals surface area contributed by atoms with Crippen LogP contribution in [-0.4, -0.2) is 64.9 Å². The van der Waals surface area contributed by atoms with E-state index in [1.54, 1.807) is 37.4 Å². The van der Waals surface area contributed by atoms with Gasteiger partial charge in [-0.15, -0.1) is 0 Å². The largest absolute Gasteiger partial charge is 0.495 e. The summed E-state index contributed by atoms with van der Waals surface area (Å²) in [6, 6.07) is 18.0. The Morgan fingerprint density at radius 2 is 1.55 bits per heavy atom. The third-order valence-electron chi connectivity index (χ3n) is 6.63. The molecule has 40 heavy (non-hydrogen) atoms. The number of benzene rings is 3. The molecule has 0 radical (unpaired) electrons. The fraction of sp³-hybridized carbons (Fsp3) is 0.333. The molecule has 0 spiro atoms. The Kier molecular flexibility index (Phi) is 10.5. The standard InChI is InChI=1S/C30H34Cl2N4O4/c1-3-40-16-6-11-33-30(38)25-20-24(34-29(37)21-17-22(31)19-23(32)18-21)9-10-26(25)35-12-14-36(15-13-35)27-7-4-5-8-28(27)39-2/h4-5,7-10,17-20H,3,6,11-16H2,1-2H3,(H,33,38)(H,34,37). The Labute approximate surface area is 245 Å². The summed E-state index contributed by atoms with van der Waals surface area (Å²) in [5.74, 6) is 0.260. The molecule has 1 aliphatic heterocycles. The predicted molar refractivity (Wildman–Crippen MR) is 162 cm³/mol. The monoisotopic (exact) mass is 584 g/mol. The number of hydrogen-bond donors (Lipinski definition) is 2.